The van der Waals surface area contributed by atoms with E-state index in [0.717, 1.165) is 4.68 Å². The topological polar surface area (TPSA) is 87.8 Å². The minimum atomic E-state index is -0.614. The van der Waals surface area contributed by atoms with Crippen LogP contribution in [-0.4, -0.2) is 15.7 Å². The van der Waals surface area contributed by atoms with Crippen molar-refractivity contribution in [1.29, 1.82) is 5.26 Å². The van der Waals surface area contributed by atoms with Crippen LogP contribution in [0.2, 0.25) is 0 Å². The van der Waals surface area contributed by atoms with Gasteiger partial charge in [-0.15, -0.1) is 0 Å². The number of rotatable bonds is 4. The summed E-state index contributed by atoms with van der Waals surface area (Å²) < 4.78 is 14.4. The fourth-order valence-electron chi connectivity index (χ4n) is 2.04. The molecule has 0 aliphatic rings. The van der Waals surface area contributed by atoms with Gasteiger partial charge in [-0.05, 0) is 25.5 Å². The maximum absolute atomic E-state index is 13.5. The smallest absolute Gasteiger partial charge is 0.285 e. The zero-order valence-corrected chi connectivity index (χ0v) is 12.8. The molecule has 0 aliphatic carbocycles. The first kappa shape index (κ1) is 16.4. The molecule has 1 heterocycles. The minimum Gasteiger partial charge on any atom is -0.350 e. The number of hydrogen-bond acceptors (Lipinski definition) is 4. The third kappa shape index (κ3) is 3.61. The van der Waals surface area contributed by atoms with E-state index in [9.17, 15) is 14.0 Å². The number of benzene rings is 1. The van der Waals surface area contributed by atoms with Gasteiger partial charge in [0.15, 0.2) is 0 Å². The molecule has 0 unspecified atom stereocenters. The van der Waals surface area contributed by atoms with Crippen molar-refractivity contribution in [2.24, 2.45) is 0 Å². The summed E-state index contributed by atoms with van der Waals surface area (Å²) in [6, 6.07) is 7.91. The number of aryl methyl sites for hydroxylation is 1. The van der Waals surface area contributed by atoms with E-state index in [-0.39, 0.29) is 18.7 Å². The van der Waals surface area contributed by atoms with Gasteiger partial charge >= 0.3 is 0 Å². The number of carbonyl (C=O) groups excluding carboxylic acids is 1. The molecular formula is C16H15FN4O2. The van der Waals surface area contributed by atoms with Crippen LogP contribution in [0.3, 0.4) is 0 Å². The van der Waals surface area contributed by atoms with Gasteiger partial charge in [0.2, 0.25) is 5.91 Å². The Morgan fingerprint density at radius 1 is 1.39 bits per heavy atom. The molecule has 0 spiro atoms. The SMILES string of the molecule is Cc1nn(CC(=O)NCc2ccccc2F)c(=O)c(C#N)c1C. The Morgan fingerprint density at radius 3 is 2.74 bits per heavy atom. The van der Waals surface area contributed by atoms with Crippen molar-refractivity contribution in [3.63, 3.8) is 0 Å². The zero-order valence-electron chi connectivity index (χ0n) is 12.8. The Morgan fingerprint density at radius 2 is 2.09 bits per heavy atom. The predicted octanol–water partition coefficient (Wildman–Crippen LogP) is 1.19. The monoisotopic (exact) mass is 314 g/mol. The van der Waals surface area contributed by atoms with Crippen LogP contribution in [0.5, 0.6) is 0 Å². The molecular weight excluding hydrogens is 299 g/mol. The third-order valence-corrected chi connectivity index (χ3v) is 3.48. The molecule has 1 aromatic carbocycles. The molecule has 2 rings (SSSR count). The van der Waals surface area contributed by atoms with Crippen LogP contribution in [-0.2, 0) is 17.9 Å². The number of nitriles is 1. The Kier molecular flexibility index (Phi) is 4.86. The summed E-state index contributed by atoms with van der Waals surface area (Å²) >= 11 is 0. The lowest BCUT2D eigenvalue weighted by Crippen LogP contribution is -2.35. The van der Waals surface area contributed by atoms with E-state index in [2.05, 4.69) is 10.4 Å². The second-order valence-electron chi connectivity index (χ2n) is 5.03. The molecule has 0 radical (unpaired) electrons. The summed E-state index contributed by atoms with van der Waals surface area (Å²) in [5, 5.41) is 15.6. The second kappa shape index (κ2) is 6.83. The van der Waals surface area contributed by atoms with E-state index in [1.807, 2.05) is 6.07 Å². The van der Waals surface area contributed by atoms with E-state index >= 15 is 0 Å². The average molecular weight is 314 g/mol. The standard InChI is InChI=1S/C16H15FN4O2/c1-10-11(2)20-21(16(23)13(10)7-18)9-15(22)19-8-12-5-3-4-6-14(12)17/h3-6H,8-9H2,1-2H3,(H,19,22). The molecule has 0 saturated carbocycles. The highest BCUT2D eigenvalue weighted by molar-refractivity contribution is 5.75. The molecule has 6 nitrogen and oxygen atoms in total. The van der Waals surface area contributed by atoms with Crippen molar-refractivity contribution in [2.45, 2.75) is 26.9 Å². The van der Waals surface area contributed by atoms with Crippen molar-refractivity contribution in [3.05, 3.63) is 62.8 Å². The number of aromatic nitrogens is 2. The number of nitrogens with zero attached hydrogens (tertiary/aromatic N) is 3. The third-order valence-electron chi connectivity index (χ3n) is 3.48. The number of carbonyl (C=O) groups is 1. The molecule has 2 aromatic rings. The highest BCUT2D eigenvalue weighted by atomic mass is 19.1. The molecule has 118 valence electrons. The quantitative estimate of drug-likeness (QED) is 0.918. The van der Waals surface area contributed by atoms with E-state index in [1.54, 1.807) is 32.0 Å². The van der Waals surface area contributed by atoms with Gasteiger partial charge in [0.05, 0.1) is 5.69 Å². The van der Waals surface area contributed by atoms with Crippen molar-refractivity contribution in [2.75, 3.05) is 0 Å². The Bertz CT molecular complexity index is 852. The van der Waals surface area contributed by atoms with Gasteiger partial charge in [-0.2, -0.15) is 10.4 Å². The molecule has 0 atom stereocenters. The molecule has 1 amide bonds. The van der Waals surface area contributed by atoms with Gasteiger partial charge in [-0.3, -0.25) is 9.59 Å². The largest absolute Gasteiger partial charge is 0.350 e. The Balaban J connectivity index is 2.13. The van der Waals surface area contributed by atoms with Gasteiger partial charge in [0.1, 0.15) is 24.0 Å². The first-order valence-electron chi connectivity index (χ1n) is 6.92. The minimum absolute atomic E-state index is 0.0101. The number of amides is 1. The van der Waals surface area contributed by atoms with Crippen LogP contribution in [0, 0.1) is 31.0 Å². The number of nitrogens with one attached hydrogen (secondary N) is 1. The summed E-state index contributed by atoms with van der Waals surface area (Å²) in [6.45, 7) is 2.97. The van der Waals surface area contributed by atoms with Crippen molar-refractivity contribution < 1.29 is 9.18 Å². The van der Waals surface area contributed by atoms with Gasteiger partial charge in [-0.1, -0.05) is 18.2 Å². The normalized spacial score (nSPS) is 10.2. The Labute approximate surface area is 132 Å². The zero-order chi connectivity index (χ0) is 17.0. The maximum atomic E-state index is 13.5. The highest BCUT2D eigenvalue weighted by Crippen LogP contribution is 2.06. The first-order chi connectivity index (χ1) is 10.9. The lowest BCUT2D eigenvalue weighted by Gasteiger charge is -2.10. The Hall–Kier alpha value is -3.01. The van der Waals surface area contributed by atoms with Crippen LogP contribution in [0.1, 0.15) is 22.4 Å². The van der Waals surface area contributed by atoms with Crippen LogP contribution in [0.4, 0.5) is 4.39 Å². The fraction of sp³-hybridized carbons (Fsp3) is 0.250. The molecule has 23 heavy (non-hydrogen) atoms. The van der Waals surface area contributed by atoms with E-state index in [1.165, 1.54) is 6.07 Å². The second-order valence-corrected chi connectivity index (χ2v) is 5.03. The maximum Gasteiger partial charge on any atom is 0.285 e. The molecule has 1 N–H and O–H groups in total. The van der Waals surface area contributed by atoms with Crippen LogP contribution in [0.25, 0.3) is 0 Å². The summed E-state index contributed by atoms with van der Waals surface area (Å²) in [7, 11) is 0. The van der Waals surface area contributed by atoms with Crippen molar-refractivity contribution >= 4 is 5.91 Å². The number of halogens is 1. The summed E-state index contributed by atoms with van der Waals surface area (Å²) in [6.07, 6.45) is 0. The van der Waals surface area contributed by atoms with Crippen molar-refractivity contribution in [3.8, 4) is 6.07 Å². The van der Waals surface area contributed by atoms with E-state index in [4.69, 9.17) is 5.26 Å². The summed E-state index contributed by atoms with van der Waals surface area (Å²) in [4.78, 5) is 24.0. The van der Waals surface area contributed by atoms with Crippen LogP contribution >= 0.6 is 0 Å². The molecule has 1 aromatic heterocycles. The van der Waals surface area contributed by atoms with Gasteiger partial charge in [-0.25, -0.2) is 9.07 Å². The van der Waals surface area contributed by atoms with Gasteiger partial charge in [0, 0.05) is 12.1 Å². The van der Waals surface area contributed by atoms with Gasteiger partial charge < -0.3 is 5.32 Å². The molecule has 0 fully saturated rings. The lowest BCUT2D eigenvalue weighted by atomic mass is 10.1. The molecule has 0 aliphatic heterocycles. The fourth-order valence-corrected chi connectivity index (χ4v) is 2.04. The van der Waals surface area contributed by atoms with Crippen LogP contribution in [0.15, 0.2) is 29.1 Å². The number of hydrogen-bond donors (Lipinski definition) is 1. The highest BCUT2D eigenvalue weighted by Gasteiger charge is 2.14. The summed E-state index contributed by atoms with van der Waals surface area (Å²) in [5.74, 6) is -0.906. The molecule has 0 bridgehead atoms. The average Bonchev–Trinajstić information content (AvgIpc) is 2.52. The molecule has 0 saturated heterocycles. The van der Waals surface area contributed by atoms with Crippen molar-refractivity contribution in [1.82, 2.24) is 15.1 Å². The van der Waals surface area contributed by atoms with E-state index < -0.39 is 17.3 Å². The predicted molar refractivity (Wildman–Crippen MR) is 80.9 cm³/mol. The summed E-state index contributed by atoms with van der Waals surface area (Å²) in [5.41, 5.74) is 0.707. The van der Waals surface area contributed by atoms with Gasteiger partial charge in [0.25, 0.3) is 5.56 Å². The molecule has 7 heteroatoms. The van der Waals surface area contributed by atoms with E-state index in [0.29, 0.717) is 16.8 Å². The first-order valence-corrected chi connectivity index (χ1v) is 6.92. The van der Waals surface area contributed by atoms with Crippen LogP contribution < -0.4 is 10.9 Å². The lowest BCUT2D eigenvalue weighted by molar-refractivity contribution is -0.122.